The number of aliphatic hydroxyl groups is 1. The molecule has 4 rings (SSSR count). The van der Waals surface area contributed by atoms with Gasteiger partial charge in [0.15, 0.2) is 0 Å². The number of β-amino-alcohol motifs (C(OH)–C–C–N with tert-alkyl or cyclic N) is 1. The molecule has 0 aliphatic carbocycles. The van der Waals surface area contributed by atoms with Gasteiger partial charge in [-0.2, -0.15) is 0 Å². The van der Waals surface area contributed by atoms with Crippen LogP contribution in [0.3, 0.4) is 0 Å². The van der Waals surface area contributed by atoms with E-state index in [0.29, 0.717) is 30.7 Å². The van der Waals surface area contributed by atoms with E-state index in [4.69, 9.17) is 14.2 Å². The summed E-state index contributed by atoms with van der Waals surface area (Å²) < 4.78 is 17.1. The van der Waals surface area contributed by atoms with E-state index in [1.807, 2.05) is 4.90 Å². The normalized spacial score (nSPS) is 28.3. The lowest BCUT2D eigenvalue weighted by atomic mass is 9.94. The summed E-state index contributed by atoms with van der Waals surface area (Å²) in [4.78, 5) is 29.5. The Morgan fingerprint density at radius 1 is 1.12 bits per heavy atom. The number of fused-ring (bicyclic) bond motifs is 1. The zero-order chi connectivity index (χ0) is 23.2. The van der Waals surface area contributed by atoms with Gasteiger partial charge in [-0.1, -0.05) is 0 Å². The molecular weight excluding hydrogens is 426 g/mol. The molecule has 1 aromatic rings. The summed E-state index contributed by atoms with van der Waals surface area (Å²) in [5.41, 5.74) is 0.645. The molecule has 3 aliphatic rings. The topological polar surface area (TPSA) is 101 Å². The molecule has 3 amide bonds. The third-order valence-electron chi connectivity index (χ3n) is 6.69. The van der Waals surface area contributed by atoms with Gasteiger partial charge in [-0.15, -0.1) is 0 Å². The summed E-state index contributed by atoms with van der Waals surface area (Å²) in [6.07, 6.45) is 3.76. The van der Waals surface area contributed by atoms with E-state index in [2.05, 4.69) is 5.32 Å². The molecule has 0 radical (unpaired) electrons. The van der Waals surface area contributed by atoms with Crippen molar-refractivity contribution in [3.8, 4) is 5.75 Å². The number of aliphatic hydroxyl groups excluding tert-OH is 1. The van der Waals surface area contributed by atoms with E-state index in [1.165, 1.54) is 6.42 Å². The SMILES string of the molecule is COc1ccc(NC(=O)N2C[C@@H](O)COC[C@H]3O[C@H](CC(=O)N4CCCCC4)CC[C@@H]32)cc1. The van der Waals surface area contributed by atoms with Gasteiger partial charge in [-0.05, 0) is 56.4 Å². The average Bonchev–Trinajstić information content (AvgIpc) is 2.83. The summed E-state index contributed by atoms with van der Waals surface area (Å²) in [6, 6.07) is 6.58. The molecule has 4 atom stereocenters. The number of amides is 3. The Balaban J connectivity index is 1.40. The molecule has 0 spiro atoms. The van der Waals surface area contributed by atoms with E-state index in [0.717, 1.165) is 25.9 Å². The van der Waals surface area contributed by atoms with Gasteiger partial charge in [0.1, 0.15) is 11.9 Å². The van der Waals surface area contributed by atoms with Gasteiger partial charge < -0.3 is 34.4 Å². The number of carbonyl (C=O) groups is 2. The summed E-state index contributed by atoms with van der Waals surface area (Å²) >= 11 is 0. The zero-order valence-corrected chi connectivity index (χ0v) is 19.3. The lowest BCUT2D eigenvalue weighted by Crippen LogP contribution is -2.58. The van der Waals surface area contributed by atoms with Crippen LogP contribution in [0.2, 0.25) is 0 Å². The molecular formula is C24H35N3O6. The van der Waals surface area contributed by atoms with E-state index in [-0.39, 0.29) is 49.9 Å². The number of nitrogens with one attached hydrogen (secondary N) is 1. The van der Waals surface area contributed by atoms with Gasteiger partial charge >= 0.3 is 6.03 Å². The number of nitrogens with zero attached hydrogens (tertiary/aromatic N) is 2. The van der Waals surface area contributed by atoms with Gasteiger partial charge in [0.05, 0.1) is 51.5 Å². The van der Waals surface area contributed by atoms with Gasteiger partial charge in [0, 0.05) is 18.8 Å². The van der Waals surface area contributed by atoms with Crippen molar-refractivity contribution in [2.24, 2.45) is 0 Å². The molecule has 3 fully saturated rings. The van der Waals surface area contributed by atoms with Crippen LogP contribution in [0, 0.1) is 0 Å². The number of urea groups is 1. The van der Waals surface area contributed by atoms with E-state index in [1.54, 1.807) is 36.3 Å². The Bertz CT molecular complexity index is 798. The molecule has 2 N–H and O–H groups in total. The first-order valence-electron chi connectivity index (χ1n) is 11.9. The van der Waals surface area contributed by atoms with Crippen LogP contribution < -0.4 is 10.1 Å². The first-order valence-corrected chi connectivity index (χ1v) is 11.9. The number of ether oxygens (including phenoxy) is 3. The van der Waals surface area contributed by atoms with Crippen LogP contribution in [0.1, 0.15) is 38.5 Å². The second kappa shape index (κ2) is 11.2. The van der Waals surface area contributed by atoms with Gasteiger partial charge in [-0.3, -0.25) is 4.79 Å². The summed E-state index contributed by atoms with van der Waals surface area (Å²) in [5, 5.41) is 13.2. The zero-order valence-electron chi connectivity index (χ0n) is 19.3. The highest BCUT2D eigenvalue weighted by molar-refractivity contribution is 5.89. The van der Waals surface area contributed by atoms with E-state index < -0.39 is 6.10 Å². The predicted molar refractivity (Wildman–Crippen MR) is 122 cm³/mol. The Morgan fingerprint density at radius 2 is 1.88 bits per heavy atom. The number of carbonyl (C=O) groups excluding carboxylic acids is 2. The number of piperidine rings is 1. The number of hydrogen-bond acceptors (Lipinski definition) is 6. The fraction of sp³-hybridized carbons (Fsp3) is 0.667. The number of likely N-dealkylation sites (tertiary alicyclic amines) is 1. The maximum Gasteiger partial charge on any atom is 0.322 e. The van der Waals surface area contributed by atoms with Crippen molar-refractivity contribution >= 4 is 17.6 Å². The predicted octanol–water partition coefficient (Wildman–Crippen LogP) is 2.24. The first kappa shape index (κ1) is 23.8. The third kappa shape index (κ3) is 6.16. The van der Waals surface area contributed by atoms with E-state index >= 15 is 0 Å². The number of benzene rings is 1. The highest BCUT2D eigenvalue weighted by Gasteiger charge is 2.40. The Labute approximate surface area is 195 Å². The molecule has 182 valence electrons. The van der Waals surface area contributed by atoms with Gasteiger partial charge in [-0.25, -0.2) is 4.79 Å². The van der Waals surface area contributed by atoms with Crippen molar-refractivity contribution in [1.29, 1.82) is 0 Å². The number of anilines is 1. The van der Waals surface area contributed by atoms with Crippen LogP contribution in [-0.2, 0) is 14.3 Å². The summed E-state index contributed by atoms with van der Waals surface area (Å²) in [6.45, 7) is 2.23. The highest BCUT2D eigenvalue weighted by atomic mass is 16.5. The average molecular weight is 462 g/mol. The molecule has 3 heterocycles. The minimum absolute atomic E-state index is 0.135. The Kier molecular flexibility index (Phi) is 8.06. The van der Waals surface area contributed by atoms with Gasteiger partial charge in [0.25, 0.3) is 0 Å². The van der Waals surface area contributed by atoms with Gasteiger partial charge in [0.2, 0.25) is 5.91 Å². The quantitative estimate of drug-likeness (QED) is 0.713. The highest BCUT2D eigenvalue weighted by Crippen LogP contribution is 2.29. The van der Waals surface area contributed by atoms with Crippen LogP contribution >= 0.6 is 0 Å². The van der Waals surface area contributed by atoms with Crippen LogP contribution in [0.25, 0.3) is 0 Å². The fourth-order valence-corrected chi connectivity index (χ4v) is 4.91. The summed E-state index contributed by atoms with van der Waals surface area (Å²) in [5.74, 6) is 0.854. The smallest absolute Gasteiger partial charge is 0.322 e. The maximum absolute atomic E-state index is 13.2. The van der Waals surface area contributed by atoms with Crippen molar-refractivity contribution in [3.63, 3.8) is 0 Å². The molecule has 1 aromatic carbocycles. The van der Waals surface area contributed by atoms with Crippen LogP contribution in [-0.4, -0.2) is 91.2 Å². The van der Waals surface area contributed by atoms with Crippen LogP contribution in [0.4, 0.5) is 10.5 Å². The number of rotatable bonds is 4. The first-order chi connectivity index (χ1) is 16.0. The molecule has 9 heteroatoms. The lowest BCUT2D eigenvalue weighted by molar-refractivity contribution is -0.154. The maximum atomic E-state index is 13.2. The van der Waals surface area contributed by atoms with Crippen molar-refractivity contribution in [2.45, 2.75) is 62.9 Å². The fourth-order valence-electron chi connectivity index (χ4n) is 4.91. The largest absolute Gasteiger partial charge is 0.497 e. The molecule has 3 saturated heterocycles. The minimum Gasteiger partial charge on any atom is -0.497 e. The molecule has 3 aliphatic heterocycles. The molecule has 0 unspecified atom stereocenters. The molecule has 33 heavy (non-hydrogen) atoms. The van der Waals surface area contributed by atoms with Crippen molar-refractivity contribution < 1.29 is 28.9 Å². The standard InChI is InChI=1S/C24H35N3O6/c1-31-19-7-5-17(6-8-19)25-24(30)27-14-18(28)15-32-16-22-21(27)10-9-20(33-22)13-23(29)26-11-3-2-4-12-26/h5-8,18,20-22,28H,2-4,9-16H2,1H3,(H,25,30)/t18-,20+,21+,22-/m1/s1. The Hall–Kier alpha value is -2.36. The number of methoxy groups -OCH3 is 1. The molecule has 0 aromatic heterocycles. The second-order valence-corrected chi connectivity index (χ2v) is 9.09. The van der Waals surface area contributed by atoms with Crippen LogP contribution in [0.15, 0.2) is 24.3 Å². The minimum atomic E-state index is -0.772. The van der Waals surface area contributed by atoms with E-state index in [9.17, 15) is 14.7 Å². The molecule has 0 bridgehead atoms. The van der Waals surface area contributed by atoms with Crippen molar-refractivity contribution in [2.75, 3.05) is 45.3 Å². The Morgan fingerprint density at radius 3 is 2.61 bits per heavy atom. The lowest BCUT2D eigenvalue weighted by Gasteiger charge is -2.44. The van der Waals surface area contributed by atoms with Crippen molar-refractivity contribution in [3.05, 3.63) is 24.3 Å². The van der Waals surface area contributed by atoms with Crippen molar-refractivity contribution in [1.82, 2.24) is 9.80 Å². The number of hydrogen-bond donors (Lipinski definition) is 2. The monoisotopic (exact) mass is 461 g/mol. The van der Waals surface area contributed by atoms with Crippen LogP contribution in [0.5, 0.6) is 5.75 Å². The third-order valence-corrected chi connectivity index (χ3v) is 6.69. The molecule has 0 saturated carbocycles. The molecule has 9 nitrogen and oxygen atoms in total. The summed E-state index contributed by atoms with van der Waals surface area (Å²) in [7, 11) is 1.59. The second-order valence-electron chi connectivity index (χ2n) is 9.09.